The molecule has 0 aliphatic rings. The van der Waals surface area contributed by atoms with Crippen molar-refractivity contribution in [2.24, 2.45) is 0 Å². The molecule has 0 spiro atoms. The fraction of sp³-hybridized carbons (Fsp3) is 0.333. The van der Waals surface area contributed by atoms with Crippen LogP contribution < -0.4 is 37.9 Å². The van der Waals surface area contributed by atoms with Gasteiger partial charge in [-0.25, -0.2) is 9.59 Å². The molecule has 4 aromatic rings. The second kappa shape index (κ2) is 16.6. The first kappa shape index (κ1) is 37.1. The second-order valence-electron chi connectivity index (χ2n) is 10.5. The molecule has 0 aliphatic heterocycles. The lowest BCUT2D eigenvalue weighted by Crippen LogP contribution is -2.17. The number of ether oxygens (including phenoxy) is 10. The number of aromatic carboxylic acids is 1. The SMILES string of the molecule is COCOc1c(-c2c(-c3cc(OC)c(OC)c(OC)c3)c(C(=O)O)n(CCc3ccc(OC)cc3)c2C(=O)OC)cc(OC)c(OC)c1OC. The molecular formula is C36H41NO13. The molecule has 0 fully saturated rings. The average Bonchev–Trinajstić information content (AvgIpc) is 3.49. The quantitative estimate of drug-likeness (QED) is 0.108. The van der Waals surface area contributed by atoms with Crippen LogP contribution in [0.4, 0.5) is 0 Å². The topological polar surface area (TPSA) is 152 Å². The molecule has 1 aromatic heterocycles. The smallest absolute Gasteiger partial charge is 0.355 e. The molecular weight excluding hydrogens is 654 g/mol. The van der Waals surface area contributed by atoms with Gasteiger partial charge in [0.05, 0.1) is 56.9 Å². The van der Waals surface area contributed by atoms with Crippen LogP contribution in [0, 0.1) is 0 Å². The van der Waals surface area contributed by atoms with Gasteiger partial charge in [0, 0.05) is 30.3 Å². The number of methoxy groups -OCH3 is 9. The predicted molar refractivity (Wildman–Crippen MR) is 182 cm³/mol. The summed E-state index contributed by atoms with van der Waals surface area (Å²) in [6.07, 6.45) is 0.333. The summed E-state index contributed by atoms with van der Waals surface area (Å²) < 4.78 is 57.2. The lowest BCUT2D eigenvalue weighted by atomic mass is 9.92. The van der Waals surface area contributed by atoms with E-state index >= 15 is 0 Å². The van der Waals surface area contributed by atoms with E-state index in [0.29, 0.717) is 17.7 Å². The van der Waals surface area contributed by atoms with Crippen molar-refractivity contribution in [3.63, 3.8) is 0 Å². The molecule has 0 radical (unpaired) electrons. The van der Waals surface area contributed by atoms with Crippen LogP contribution in [-0.4, -0.2) is 92.4 Å². The summed E-state index contributed by atoms with van der Waals surface area (Å²) >= 11 is 0. The first-order valence-corrected chi connectivity index (χ1v) is 15.1. The van der Waals surface area contributed by atoms with Gasteiger partial charge in [0.25, 0.3) is 0 Å². The largest absolute Gasteiger partial charge is 0.497 e. The number of esters is 1. The van der Waals surface area contributed by atoms with Gasteiger partial charge in [-0.05, 0) is 47.9 Å². The molecule has 0 amide bonds. The van der Waals surface area contributed by atoms with Crippen molar-refractivity contribution >= 4 is 11.9 Å². The van der Waals surface area contributed by atoms with Crippen molar-refractivity contribution in [3.8, 4) is 68.2 Å². The third-order valence-corrected chi connectivity index (χ3v) is 7.96. The van der Waals surface area contributed by atoms with Crippen molar-refractivity contribution in [1.29, 1.82) is 0 Å². The molecule has 3 aromatic carbocycles. The third-order valence-electron chi connectivity index (χ3n) is 7.96. The first-order chi connectivity index (χ1) is 24.2. The summed E-state index contributed by atoms with van der Waals surface area (Å²) in [4.78, 5) is 27.4. The lowest BCUT2D eigenvalue weighted by molar-refractivity contribution is 0.0492. The van der Waals surface area contributed by atoms with Gasteiger partial charge in [0.1, 0.15) is 17.1 Å². The minimum absolute atomic E-state index is 0.0501. The molecule has 0 saturated carbocycles. The van der Waals surface area contributed by atoms with E-state index in [4.69, 9.17) is 47.4 Å². The maximum absolute atomic E-state index is 14.0. The zero-order valence-electron chi connectivity index (χ0n) is 29.5. The molecule has 0 bridgehead atoms. The third kappa shape index (κ3) is 7.01. The van der Waals surface area contributed by atoms with E-state index in [9.17, 15) is 14.7 Å². The summed E-state index contributed by atoms with van der Waals surface area (Å²) in [6.45, 7) is -0.190. The van der Waals surface area contributed by atoms with Crippen molar-refractivity contribution in [2.75, 3.05) is 70.8 Å². The van der Waals surface area contributed by atoms with Gasteiger partial charge < -0.3 is 57.0 Å². The molecule has 1 N–H and O–H groups in total. The Morgan fingerprint density at radius 1 is 0.640 bits per heavy atom. The van der Waals surface area contributed by atoms with Gasteiger partial charge in [-0.1, -0.05) is 12.1 Å². The van der Waals surface area contributed by atoms with Crippen LogP contribution in [-0.2, 0) is 22.4 Å². The number of rotatable bonds is 17. The van der Waals surface area contributed by atoms with Gasteiger partial charge in [0.2, 0.25) is 17.2 Å². The summed E-state index contributed by atoms with van der Waals surface area (Å²) in [5.41, 5.74) is 1.32. The van der Waals surface area contributed by atoms with Crippen LogP contribution in [0.2, 0.25) is 0 Å². The fourth-order valence-electron chi connectivity index (χ4n) is 5.75. The Hall–Kier alpha value is -5.76. The number of carboxylic acids is 1. The fourth-order valence-corrected chi connectivity index (χ4v) is 5.75. The van der Waals surface area contributed by atoms with Gasteiger partial charge >= 0.3 is 11.9 Å². The first-order valence-electron chi connectivity index (χ1n) is 15.1. The number of aromatic nitrogens is 1. The van der Waals surface area contributed by atoms with Crippen LogP contribution in [0.25, 0.3) is 22.3 Å². The summed E-state index contributed by atoms with van der Waals surface area (Å²) in [7, 11) is 12.8. The van der Waals surface area contributed by atoms with Crippen molar-refractivity contribution < 1.29 is 62.1 Å². The lowest BCUT2D eigenvalue weighted by Gasteiger charge is -2.21. The van der Waals surface area contributed by atoms with Crippen molar-refractivity contribution in [3.05, 3.63) is 59.4 Å². The number of hydrogen-bond donors (Lipinski definition) is 1. The van der Waals surface area contributed by atoms with E-state index in [1.54, 1.807) is 37.4 Å². The number of nitrogens with zero attached hydrogens (tertiary/aromatic N) is 1. The van der Waals surface area contributed by atoms with E-state index in [2.05, 4.69) is 0 Å². The van der Waals surface area contributed by atoms with E-state index in [1.165, 1.54) is 61.4 Å². The molecule has 0 saturated heterocycles. The molecule has 0 atom stereocenters. The second-order valence-corrected chi connectivity index (χ2v) is 10.5. The zero-order valence-corrected chi connectivity index (χ0v) is 29.5. The summed E-state index contributed by atoms with van der Waals surface area (Å²) in [5, 5.41) is 11.0. The molecule has 0 unspecified atom stereocenters. The van der Waals surface area contributed by atoms with E-state index in [0.717, 1.165) is 5.56 Å². The number of carbonyl (C=O) groups is 2. The molecule has 50 heavy (non-hydrogen) atoms. The Bertz CT molecular complexity index is 1800. The van der Waals surface area contributed by atoms with E-state index in [1.807, 2.05) is 12.1 Å². The van der Waals surface area contributed by atoms with E-state index < -0.39 is 11.9 Å². The molecule has 1 heterocycles. The van der Waals surface area contributed by atoms with Crippen LogP contribution in [0.1, 0.15) is 26.5 Å². The van der Waals surface area contributed by atoms with Crippen LogP contribution in [0.3, 0.4) is 0 Å². The monoisotopic (exact) mass is 695 g/mol. The van der Waals surface area contributed by atoms with Gasteiger partial charge in [-0.2, -0.15) is 0 Å². The highest BCUT2D eigenvalue weighted by Crippen LogP contribution is 2.54. The van der Waals surface area contributed by atoms with Gasteiger partial charge in [-0.15, -0.1) is 0 Å². The summed E-state index contributed by atoms with van der Waals surface area (Å²) in [5.74, 6) is -0.131. The molecule has 14 nitrogen and oxygen atoms in total. The highest BCUT2D eigenvalue weighted by Gasteiger charge is 2.37. The standard InChI is InChI=1S/C36H41NO13/c1-41-19-50-31-23(18-26(45-5)33(47-7)34(31)48-8)28-27(21-16-24(43-3)32(46-6)25(17-21)44-4)29(35(38)39)37(30(28)36(40)49-9)15-14-20-10-12-22(42-2)13-11-20/h10-13,16-18H,14-15,19H2,1-9H3,(H,38,39). The van der Waals surface area contributed by atoms with Gasteiger partial charge in [-0.3, -0.25) is 0 Å². The van der Waals surface area contributed by atoms with Gasteiger partial charge in [0.15, 0.2) is 29.8 Å². The predicted octanol–water partition coefficient (Wildman–Crippen LogP) is 5.59. The molecule has 0 aliphatic carbocycles. The number of hydrogen-bond acceptors (Lipinski definition) is 12. The van der Waals surface area contributed by atoms with Crippen LogP contribution in [0.15, 0.2) is 42.5 Å². The molecule has 14 heteroatoms. The number of carbonyl (C=O) groups excluding carboxylic acids is 1. The van der Waals surface area contributed by atoms with Crippen LogP contribution >= 0.6 is 0 Å². The summed E-state index contributed by atoms with van der Waals surface area (Å²) in [6, 6.07) is 12.1. The highest BCUT2D eigenvalue weighted by molar-refractivity contribution is 6.10. The molecule has 4 rings (SSSR count). The Morgan fingerprint density at radius 3 is 1.70 bits per heavy atom. The van der Waals surface area contributed by atoms with Crippen molar-refractivity contribution in [2.45, 2.75) is 13.0 Å². The Balaban J connectivity index is 2.25. The maximum Gasteiger partial charge on any atom is 0.355 e. The highest BCUT2D eigenvalue weighted by atomic mass is 16.7. The molecule has 268 valence electrons. The zero-order chi connectivity index (χ0) is 36.5. The van der Waals surface area contributed by atoms with E-state index in [-0.39, 0.29) is 81.7 Å². The minimum Gasteiger partial charge on any atom is -0.497 e. The average molecular weight is 696 g/mol. The Labute approximate surface area is 289 Å². The number of aryl methyl sites for hydroxylation is 1. The number of carboxylic acid groups (broad SMARTS) is 1. The normalized spacial score (nSPS) is 10.7. The van der Waals surface area contributed by atoms with Crippen molar-refractivity contribution in [1.82, 2.24) is 4.57 Å². The Kier molecular flexibility index (Phi) is 12.3. The maximum atomic E-state index is 14.0. The number of benzene rings is 3. The Morgan fingerprint density at radius 2 is 1.22 bits per heavy atom. The van der Waals surface area contributed by atoms with Crippen LogP contribution in [0.5, 0.6) is 46.0 Å². The minimum atomic E-state index is -1.33.